The zero-order valence-corrected chi connectivity index (χ0v) is 15.4. The third-order valence-corrected chi connectivity index (χ3v) is 5.38. The number of carbonyl (C=O) groups excluding carboxylic acids is 1. The first kappa shape index (κ1) is 17.1. The highest BCUT2D eigenvalue weighted by Crippen LogP contribution is 2.26. The maximum absolute atomic E-state index is 12.8. The van der Waals surface area contributed by atoms with Crippen molar-refractivity contribution < 1.29 is 4.79 Å². The molecule has 2 fully saturated rings. The van der Waals surface area contributed by atoms with Crippen LogP contribution in [-0.2, 0) is 0 Å². The van der Waals surface area contributed by atoms with Crippen molar-refractivity contribution in [2.24, 2.45) is 0 Å². The highest BCUT2D eigenvalue weighted by Gasteiger charge is 2.25. The maximum atomic E-state index is 12.8. The summed E-state index contributed by atoms with van der Waals surface area (Å²) in [5.74, 6) is 0.835. The van der Waals surface area contributed by atoms with Crippen LogP contribution in [0.25, 0.3) is 0 Å². The Morgan fingerprint density at radius 2 is 1.65 bits per heavy atom. The van der Waals surface area contributed by atoms with Crippen LogP contribution in [0.5, 0.6) is 0 Å². The molecule has 0 atom stereocenters. The van der Waals surface area contributed by atoms with Crippen molar-refractivity contribution in [2.75, 3.05) is 49.1 Å². The molecule has 2 saturated heterocycles. The number of piperazine rings is 1. The molecule has 0 saturated carbocycles. The van der Waals surface area contributed by atoms with Crippen molar-refractivity contribution in [2.45, 2.75) is 12.8 Å². The topological polar surface area (TPSA) is 52.6 Å². The van der Waals surface area contributed by atoms with Crippen molar-refractivity contribution in [3.05, 3.63) is 47.4 Å². The van der Waals surface area contributed by atoms with E-state index in [-0.39, 0.29) is 5.91 Å². The monoisotopic (exact) mass is 371 g/mol. The van der Waals surface area contributed by atoms with Crippen LogP contribution >= 0.6 is 11.6 Å². The molecule has 1 aromatic carbocycles. The van der Waals surface area contributed by atoms with Gasteiger partial charge in [0, 0.05) is 45.3 Å². The van der Waals surface area contributed by atoms with E-state index < -0.39 is 0 Å². The van der Waals surface area contributed by atoms with Crippen molar-refractivity contribution in [3.8, 4) is 0 Å². The van der Waals surface area contributed by atoms with E-state index >= 15 is 0 Å². The van der Waals surface area contributed by atoms with Gasteiger partial charge in [-0.25, -0.2) is 9.97 Å². The number of para-hydroxylation sites is 1. The molecule has 0 N–H and O–H groups in total. The highest BCUT2D eigenvalue weighted by atomic mass is 35.5. The van der Waals surface area contributed by atoms with Gasteiger partial charge in [0.15, 0.2) is 0 Å². The molecule has 0 spiro atoms. The predicted molar refractivity (Wildman–Crippen MR) is 103 cm³/mol. The first-order chi connectivity index (χ1) is 12.7. The van der Waals surface area contributed by atoms with Gasteiger partial charge < -0.3 is 14.7 Å². The molecule has 0 radical (unpaired) electrons. The van der Waals surface area contributed by atoms with Crippen LogP contribution in [0, 0.1) is 0 Å². The van der Waals surface area contributed by atoms with Crippen LogP contribution in [-0.4, -0.2) is 60.0 Å². The zero-order valence-electron chi connectivity index (χ0n) is 14.6. The Kier molecular flexibility index (Phi) is 4.93. The summed E-state index contributed by atoms with van der Waals surface area (Å²) < 4.78 is 0. The lowest BCUT2D eigenvalue weighted by Gasteiger charge is -2.36. The van der Waals surface area contributed by atoms with Gasteiger partial charge >= 0.3 is 0 Å². The lowest BCUT2D eigenvalue weighted by Crippen LogP contribution is -2.49. The first-order valence-electron chi connectivity index (χ1n) is 9.08. The third kappa shape index (κ3) is 3.46. The van der Waals surface area contributed by atoms with E-state index in [0.29, 0.717) is 18.8 Å². The lowest BCUT2D eigenvalue weighted by molar-refractivity contribution is 0.0740. The summed E-state index contributed by atoms with van der Waals surface area (Å²) >= 11 is 6.29. The molecule has 1 aromatic heterocycles. The van der Waals surface area contributed by atoms with Crippen LogP contribution in [0.4, 0.5) is 11.5 Å². The number of halogens is 1. The Hall–Kier alpha value is -2.34. The van der Waals surface area contributed by atoms with Crippen LogP contribution < -0.4 is 9.80 Å². The Morgan fingerprint density at radius 1 is 0.923 bits per heavy atom. The molecule has 0 aliphatic carbocycles. The maximum Gasteiger partial charge on any atom is 0.272 e. The van der Waals surface area contributed by atoms with E-state index in [2.05, 4.69) is 19.8 Å². The zero-order chi connectivity index (χ0) is 17.9. The second kappa shape index (κ2) is 7.50. The Morgan fingerprint density at radius 3 is 2.38 bits per heavy atom. The largest absolute Gasteiger partial charge is 0.367 e. The summed E-state index contributed by atoms with van der Waals surface area (Å²) in [5.41, 5.74) is 1.51. The Balaban J connectivity index is 1.42. The normalized spacial score (nSPS) is 17.7. The quantitative estimate of drug-likeness (QED) is 0.830. The molecular weight excluding hydrogens is 350 g/mol. The van der Waals surface area contributed by atoms with Gasteiger partial charge in [0.2, 0.25) is 0 Å². The van der Waals surface area contributed by atoms with Crippen molar-refractivity contribution >= 4 is 29.0 Å². The van der Waals surface area contributed by atoms with Gasteiger partial charge in [-0.3, -0.25) is 4.79 Å². The number of anilines is 2. The molecule has 1 amide bonds. The molecule has 0 unspecified atom stereocenters. The average Bonchev–Trinajstić information content (AvgIpc) is 3.23. The van der Waals surface area contributed by atoms with Gasteiger partial charge in [0.1, 0.15) is 17.8 Å². The van der Waals surface area contributed by atoms with E-state index in [1.807, 2.05) is 35.2 Å². The van der Waals surface area contributed by atoms with Crippen LogP contribution in [0.3, 0.4) is 0 Å². The van der Waals surface area contributed by atoms with Gasteiger partial charge in [-0.15, -0.1) is 0 Å². The Labute approximate surface area is 158 Å². The highest BCUT2D eigenvalue weighted by molar-refractivity contribution is 6.33. The second-order valence-electron chi connectivity index (χ2n) is 6.69. The summed E-state index contributed by atoms with van der Waals surface area (Å²) in [6, 6.07) is 9.66. The number of benzene rings is 1. The molecular formula is C19H22ClN5O. The van der Waals surface area contributed by atoms with E-state index in [4.69, 9.17) is 11.6 Å². The van der Waals surface area contributed by atoms with Gasteiger partial charge in [0.05, 0.1) is 10.7 Å². The van der Waals surface area contributed by atoms with E-state index in [0.717, 1.165) is 42.7 Å². The number of nitrogens with zero attached hydrogens (tertiary/aromatic N) is 5. The van der Waals surface area contributed by atoms with E-state index in [1.165, 1.54) is 19.2 Å². The SMILES string of the molecule is O=C(c1cc(N2CCCC2)ncn1)N1CCN(c2ccccc2Cl)CC1. The van der Waals surface area contributed by atoms with Gasteiger partial charge in [-0.1, -0.05) is 23.7 Å². The fraction of sp³-hybridized carbons (Fsp3) is 0.421. The van der Waals surface area contributed by atoms with Crippen molar-refractivity contribution in [1.82, 2.24) is 14.9 Å². The standard InChI is InChI=1S/C19H22ClN5O/c20-15-5-1-2-6-17(15)23-9-11-25(12-10-23)19(26)16-13-18(22-14-21-16)24-7-3-4-8-24/h1-2,5-6,13-14H,3-4,7-12H2. The summed E-state index contributed by atoms with van der Waals surface area (Å²) in [5, 5.41) is 0.748. The number of carbonyl (C=O) groups is 1. The van der Waals surface area contributed by atoms with Gasteiger partial charge in [-0.2, -0.15) is 0 Å². The summed E-state index contributed by atoms with van der Waals surface area (Å²) in [6.45, 7) is 4.85. The molecule has 2 aliphatic rings. The molecule has 2 aliphatic heterocycles. The molecule has 136 valence electrons. The first-order valence-corrected chi connectivity index (χ1v) is 9.46. The fourth-order valence-electron chi connectivity index (χ4n) is 3.60. The molecule has 7 heteroatoms. The molecule has 3 heterocycles. The van der Waals surface area contributed by atoms with Crippen LogP contribution in [0.15, 0.2) is 36.7 Å². The fourth-order valence-corrected chi connectivity index (χ4v) is 3.86. The number of rotatable bonds is 3. The van der Waals surface area contributed by atoms with Crippen LogP contribution in [0.1, 0.15) is 23.3 Å². The van der Waals surface area contributed by atoms with Crippen LogP contribution in [0.2, 0.25) is 5.02 Å². The number of amides is 1. The number of hydrogen-bond acceptors (Lipinski definition) is 5. The number of aromatic nitrogens is 2. The average molecular weight is 372 g/mol. The molecule has 2 aromatic rings. The van der Waals surface area contributed by atoms with Gasteiger partial charge in [-0.05, 0) is 25.0 Å². The van der Waals surface area contributed by atoms with E-state index in [9.17, 15) is 4.79 Å². The third-order valence-electron chi connectivity index (χ3n) is 5.06. The summed E-state index contributed by atoms with van der Waals surface area (Å²) in [7, 11) is 0. The Bertz CT molecular complexity index is 785. The lowest BCUT2D eigenvalue weighted by atomic mass is 10.2. The minimum atomic E-state index is -0.0216. The molecule has 0 bridgehead atoms. The number of hydrogen-bond donors (Lipinski definition) is 0. The van der Waals surface area contributed by atoms with Gasteiger partial charge in [0.25, 0.3) is 5.91 Å². The smallest absolute Gasteiger partial charge is 0.272 e. The molecule has 26 heavy (non-hydrogen) atoms. The molecule has 6 nitrogen and oxygen atoms in total. The summed E-state index contributed by atoms with van der Waals surface area (Å²) in [6.07, 6.45) is 3.86. The minimum absolute atomic E-state index is 0.0216. The van der Waals surface area contributed by atoms with Crippen molar-refractivity contribution in [3.63, 3.8) is 0 Å². The minimum Gasteiger partial charge on any atom is -0.367 e. The second-order valence-corrected chi connectivity index (χ2v) is 7.09. The molecule has 4 rings (SSSR count). The summed E-state index contributed by atoms with van der Waals surface area (Å²) in [4.78, 5) is 27.7. The van der Waals surface area contributed by atoms with Crippen molar-refractivity contribution in [1.29, 1.82) is 0 Å². The predicted octanol–water partition coefficient (Wildman–Crippen LogP) is 2.69. The van der Waals surface area contributed by atoms with E-state index in [1.54, 1.807) is 0 Å².